The van der Waals surface area contributed by atoms with Gasteiger partial charge in [0.25, 0.3) is 0 Å². The Labute approximate surface area is 116 Å². The van der Waals surface area contributed by atoms with E-state index in [4.69, 9.17) is 5.26 Å². The van der Waals surface area contributed by atoms with Gasteiger partial charge in [0.05, 0.1) is 0 Å². The van der Waals surface area contributed by atoms with Gasteiger partial charge in [0.15, 0.2) is 0 Å². The van der Waals surface area contributed by atoms with Crippen LogP contribution in [0, 0.1) is 10.7 Å². The highest BCUT2D eigenvalue weighted by atomic mass is 32.2. The predicted molar refractivity (Wildman–Crippen MR) is 76.1 cm³/mol. The van der Waals surface area contributed by atoms with Crippen molar-refractivity contribution in [3.63, 3.8) is 0 Å². The van der Waals surface area contributed by atoms with Crippen molar-refractivity contribution >= 4 is 11.8 Å². The summed E-state index contributed by atoms with van der Waals surface area (Å²) in [5.74, 6) is 1.14. The summed E-state index contributed by atoms with van der Waals surface area (Å²) >= 11 is 1.19. The lowest BCUT2D eigenvalue weighted by atomic mass is 9.93. The first kappa shape index (κ1) is 13.3. The lowest BCUT2D eigenvalue weighted by Crippen LogP contribution is -2.03. The standard InChI is InChI=1S/C15H13NO2S/c16-10-19-9-15(11-1-5-13(17)6-2-11)12-3-7-14(18)8-4-12/h1-8,15,17-18H,9H2. The van der Waals surface area contributed by atoms with Crippen LogP contribution in [0.15, 0.2) is 48.5 Å². The second-order valence-electron chi connectivity index (χ2n) is 4.14. The van der Waals surface area contributed by atoms with Gasteiger partial charge in [0.1, 0.15) is 16.9 Å². The second kappa shape index (κ2) is 6.17. The predicted octanol–water partition coefficient (Wildman–Crippen LogP) is 3.44. The molecule has 0 aliphatic rings. The molecule has 0 radical (unpaired) electrons. The molecule has 2 aromatic carbocycles. The minimum Gasteiger partial charge on any atom is -0.508 e. The molecule has 0 heterocycles. The Morgan fingerprint density at radius 3 is 1.68 bits per heavy atom. The van der Waals surface area contributed by atoms with E-state index in [9.17, 15) is 10.2 Å². The quantitative estimate of drug-likeness (QED) is 0.836. The van der Waals surface area contributed by atoms with Crippen molar-refractivity contribution in [2.24, 2.45) is 0 Å². The first-order chi connectivity index (χ1) is 9.20. The Morgan fingerprint density at radius 1 is 0.895 bits per heavy atom. The number of hydrogen-bond donors (Lipinski definition) is 2. The highest BCUT2D eigenvalue weighted by Gasteiger charge is 2.14. The van der Waals surface area contributed by atoms with Crippen molar-refractivity contribution in [1.29, 1.82) is 5.26 Å². The third-order valence-corrected chi connectivity index (χ3v) is 3.53. The highest BCUT2D eigenvalue weighted by Crippen LogP contribution is 2.30. The summed E-state index contributed by atoms with van der Waals surface area (Å²) in [6.07, 6.45) is 0. The van der Waals surface area contributed by atoms with E-state index in [1.165, 1.54) is 11.8 Å². The zero-order valence-electron chi connectivity index (χ0n) is 10.2. The van der Waals surface area contributed by atoms with Gasteiger partial charge >= 0.3 is 0 Å². The summed E-state index contributed by atoms with van der Waals surface area (Å²) in [6, 6.07) is 14.0. The fraction of sp³-hybridized carbons (Fsp3) is 0.133. The molecule has 96 valence electrons. The maximum Gasteiger partial charge on any atom is 0.133 e. The summed E-state index contributed by atoms with van der Waals surface area (Å²) in [5.41, 5.74) is 2.07. The average Bonchev–Trinajstić information content (AvgIpc) is 2.43. The molecule has 0 aliphatic carbocycles. The topological polar surface area (TPSA) is 64.2 Å². The van der Waals surface area contributed by atoms with Crippen LogP contribution in [0.2, 0.25) is 0 Å². The van der Waals surface area contributed by atoms with E-state index in [0.29, 0.717) is 5.75 Å². The van der Waals surface area contributed by atoms with Gasteiger partial charge in [-0.1, -0.05) is 24.3 Å². The Morgan fingerprint density at radius 2 is 1.32 bits per heavy atom. The van der Waals surface area contributed by atoms with E-state index in [1.54, 1.807) is 24.3 Å². The Balaban J connectivity index is 2.32. The molecular formula is C15H13NO2S. The van der Waals surface area contributed by atoms with Crippen LogP contribution in [0.4, 0.5) is 0 Å². The Bertz CT molecular complexity index is 527. The minimum absolute atomic E-state index is 0.0610. The highest BCUT2D eigenvalue weighted by molar-refractivity contribution is 8.03. The number of thioether (sulfide) groups is 1. The van der Waals surface area contributed by atoms with Crippen LogP contribution in [-0.2, 0) is 0 Å². The molecule has 0 aromatic heterocycles. The number of benzene rings is 2. The number of rotatable bonds is 4. The molecule has 0 aliphatic heterocycles. The average molecular weight is 271 g/mol. The van der Waals surface area contributed by atoms with E-state index in [1.807, 2.05) is 24.3 Å². The number of aromatic hydroxyl groups is 2. The zero-order chi connectivity index (χ0) is 13.7. The second-order valence-corrected chi connectivity index (χ2v) is 4.94. The van der Waals surface area contributed by atoms with Gasteiger partial charge in [-0.3, -0.25) is 0 Å². The van der Waals surface area contributed by atoms with Crippen molar-refractivity contribution in [3.05, 3.63) is 59.7 Å². The lowest BCUT2D eigenvalue weighted by molar-refractivity contribution is 0.475. The Kier molecular flexibility index (Phi) is 4.32. The van der Waals surface area contributed by atoms with E-state index in [0.717, 1.165) is 11.1 Å². The molecule has 3 nitrogen and oxygen atoms in total. The Hall–Kier alpha value is -2.12. The van der Waals surface area contributed by atoms with E-state index < -0.39 is 0 Å². The largest absolute Gasteiger partial charge is 0.508 e. The molecule has 4 heteroatoms. The molecule has 0 saturated heterocycles. The molecule has 0 spiro atoms. The third kappa shape index (κ3) is 3.43. The van der Waals surface area contributed by atoms with Gasteiger partial charge in [0.2, 0.25) is 0 Å². The van der Waals surface area contributed by atoms with E-state index in [-0.39, 0.29) is 17.4 Å². The molecule has 2 rings (SSSR count). The van der Waals surface area contributed by atoms with Crippen LogP contribution in [0.5, 0.6) is 11.5 Å². The SMILES string of the molecule is N#CSCC(c1ccc(O)cc1)c1ccc(O)cc1. The van der Waals surface area contributed by atoms with E-state index in [2.05, 4.69) is 5.40 Å². The normalized spacial score (nSPS) is 10.3. The number of thiocyanates is 1. The monoisotopic (exact) mass is 271 g/mol. The maximum absolute atomic E-state index is 9.33. The zero-order valence-corrected chi connectivity index (χ0v) is 11.0. The van der Waals surface area contributed by atoms with Crippen LogP contribution in [0.3, 0.4) is 0 Å². The van der Waals surface area contributed by atoms with Crippen molar-refractivity contribution in [2.45, 2.75) is 5.92 Å². The summed E-state index contributed by atoms with van der Waals surface area (Å²) < 4.78 is 0. The number of nitriles is 1. The fourth-order valence-corrected chi connectivity index (χ4v) is 2.54. The fourth-order valence-electron chi connectivity index (χ4n) is 1.92. The van der Waals surface area contributed by atoms with Crippen molar-refractivity contribution in [1.82, 2.24) is 0 Å². The molecule has 0 saturated carbocycles. The van der Waals surface area contributed by atoms with Gasteiger partial charge in [-0.25, -0.2) is 0 Å². The first-order valence-corrected chi connectivity index (χ1v) is 6.78. The number of nitrogens with zero attached hydrogens (tertiary/aromatic N) is 1. The van der Waals surface area contributed by atoms with Crippen molar-refractivity contribution in [3.8, 4) is 16.9 Å². The number of phenolic OH excluding ortho intramolecular Hbond substituents is 2. The molecule has 0 bridgehead atoms. The smallest absolute Gasteiger partial charge is 0.133 e. The van der Waals surface area contributed by atoms with Crippen LogP contribution < -0.4 is 0 Å². The van der Waals surface area contributed by atoms with E-state index >= 15 is 0 Å². The van der Waals surface area contributed by atoms with Crippen molar-refractivity contribution < 1.29 is 10.2 Å². The van der Waals surface area contributed by atoms with Crippen LogP contribution in [0.25, 0.3) is 0 Å². The molecule has 19 heavy (non-hydrogen) atoms. The summed E-state index contributed by atoms with van der Waals surface area (Å²) in [7, 11) is 0. The molecule has 0 unspecified atom stereocenters. The molecule has 2 N–H and O–H groups in total. The lowest BCUT2D eigenvalue weighted by Gasteiger charge is -2.16. The molecular weight excluding hydrogens is 258 g/mol. The number of hydrogen-bond acceptors (Lipinski definition) is 4. The molecule has 0 fully saturated rings. The maximum atomic E-state index is 9.33. The van der Waals surface area contributed by atoms with Crippen LogP contribution >= 0.6 is 11.8 Å². The minimum atomic E-state index is 0.0610. The van der Waals surface area contributed by atoms with Gasteiger partial charge in [-0.2, -0.15) is 5.26 Å². The van der Waals surface area contributed by atoms with Crippen LogP contribution in [-0.4, -0.2) is 16.0 Å². The first-order valence-electron chi connectivity index (χ1n) is 5.79. The van der Waals surface area contributed by atoms with Gasteiger partial charge in [-0.15, -0.1) is 0 Å². The van der Waals surface area contributed by atoms with Crippen molar-refractivity contribution in [2.75, 3.05) is 5.75 Å². The van der Waals surface area contributed by atoms with Crippen LogP contribution in [0.1, 0.15) is 17.0 Å². The van der Waals surface area contributed by atoms with Gasteiger partial charge < -0.3 is 10.2 Å². The van der Waals surface area contributed by atoms with Gasteiger partial charge in [0, 0.05) is 11.7 Å². The molecule has 0 atom stereocenters. The summed E-state index contributed by atoms with van der Waals surface area (Å²) in [6.45, 7) is 0. The third-order valence-electron chi connectivity index (χ3n) is 2.91. The molecule has 2 aromatic rings. The number of phenols is 2. The molecule has 0 amide bonds. The van der Waals surface area contributed by atoms with Gasteiger partial charge in [-0.05, 0) is 47.2 Å². The summed E-state index contributed by atoms with van der Waals surface area (Å²) in [5, 5.41) is 29.5. The summed E-state index contributed by atoms with van der Waals surface area (Å²) in [4.78, 5) is 0.